The van der Waals surface area contributed by atoms with Crippen molar-refractivity contribution in [2.75, 3.05) is 26.7 Å². The van der Waals surface area contributed by atoms with Crippen molar-refractivity contribution >= 4 is 0 Å². The standard InChI is InChI=1S/C12H22N4/c1-15(12-4-2-5-13-10-12)7-3-8-16-9-6-14-11-16/h6,9,11-13H,2-5,7-8,10H2,1H3. The first-order valence-corrected chi connectivity index (χ1v) is 6.23. The number of rotatable bonds is 5. The van der Waals surface area contributed by atoms with Crippen LogP contribution in [0.1, 0.15) is 19.3 Å². The molecule has 4 nitrogen and oxygen atoms in total. The van der Waals surface area contributed by atoms with E-state index in [4.69, 9.17) is 0 Å². The zero-order valence-corrected chi connectivity index (χ0v) is 10.1. The lowest BCUT2D eigenvalue weighted by atomic mass is 10.1. The molecule has 0 radical (unpaired) electrons. The van der Waals surface area contributed by atoms with E-state index >= 15 is 0 Å². The van der Waals surface area contributed by atoms with Crippen molar-refractivity contribution < 1.29 is 0 Å². The first-order chi connectivity index (χ1) is 7.86. The molecule has 0 aliphatic carbocycles. The summed E-state index contributed by atoms with van der Waals surface area (Å²) in [4.78, 5) is 6.54. The van der Waals surface area contributed by atoms with Gasteiger partial charge in [-0.2, -0.15) is 0 Å². The normalized spacial score (nSPS) is 21.5. The zero-order valence-electron chi connectivity index (χ0n) is 10.1. The molecule has 1 aromatic rings. The van der Waals surface area contributed by atoms with Crippen LogP contribution in [0.3, 0.4) is 0 Å². The van der Waals surface area contributed by atoms with E-state index in [0.717, 1.165) is 19.1 Å². The maximum absolute atomic E-state index is 4.05. The molecule has 1 aromatic heterocycles. The van der Waals surface area contributed by atoms with Gasteiger partial charge in [0.15, 0.2) is 0 Å². The molecule has 90 valence electrons. The second-order valence-corrected chi connectivity index (χ2v) is 4.63. The molecule has 0 bridgehead atoms. The Bertz CT molecular complexity index is 277. The molecular weight excluding hydrogens is 200 g/mol. The van der Waals surface area contributed by atoms with Crippen molar-refractivity contribution in [3.8, 4) is 0 Å². The second kappa shape index (κ2) is 6.01. The van der Waals surface area contributed by atoms with Gasteiger partial charge in [-0.1, -0.05) is 0 Å². The summed E-state index contributed by atoms with van der Waals surface area (Å²) in [5.74, 6) is 0. The average molecular weight is 222 g/mol. The minimum absolute atomic E-state index is 0.733. The number of nitrogens with zero attached hydrogens (tertiary/aromatic N) is 3. The highest BCUT2D eigenvalue weighted by Gasteiger charge is 2.16. The van der Waals surface area contributed by atoms with E-state index in [1.165, 1.54) is 32.4 Å². The van der Waals surface area contributed by atoms with E-state index in [0.29, 0.717) is 0 Å². The number of aromatic nitrogens is 2. The molecule has 0 amide bonds. The van der Waals surface area contributed by atoms with Gasteiger partial charge in [-0.3, -0.25) is 0 Å². The van der Waals surface area contributed by atoms with Crippen molar-refractivity contribution in [2.45, 2.75) is 31.8 Å². The van der Waals surface area contributed by atoms with Crippen LogP contribution >= 0.6 is 0 Å². The van der Waals surface area contributed by atoms with Gasteiger partial charge in [-0.15, -0.1) is 0 Å². The molecular formula is C12H22N4. The molecule has 1 saturated heterocycles. The molecule has 0 spiro atoms. The molecule has 4 heteroatoms. The van der Waals surface area contributed by atoms with Gasteiger partial charge in [-0.05, 0) is 39.4 Å². The number of hydrogen-bond donors (Lipinski definition) is 1. The number of imidazole rings is 1. The Morgan fingerprint density at radius 2 is 2.50 bits per heavy atom. The summed E-state index contributed by atoms with van der Waals surface area (Å²) in [6.45, 7) is 4.59. The lowest BCUT2D eigenvalue weighted by molar-refractivity contribution is 0.198. The van der Waals surface area contributed by atoms with Gasteiger partial charge in [-0.25, -0.2) is 4.98 Å². The molecule has 16 heavy (non-hydrogen) atoms. The van der Waals surface area contributed by atoms with Gasteiger partial charge in [0.25, 0.3) is 0 Å². The van der Waals surface area contributed by atoms with E-state index in [2.05, 4.69) is 26.8 Å². The smallest absolute Gasteiger partial charge is 0.0945 e. The summed E-state index contributed by atoms with van der Waals surface area (Å²) in [5, 5.41) is 3.46. The Kier molecular flexibility index (Phi) is 4.36. The minimum atomic E-state index is 0.733. The van der Waals surface area contributed by atoms with Crippen LogP contribution in [0.2, 0.25) is 0 Å². The van der Waals surface area contributed by atoms with Crippen LogP contribution in [-0.4, -0.2) is 47.2 Å². The maximum Gasteiger partial charge on any atom is 0.0945 e. The van der Waals surface area contributed by atoms with E-state index in [1.807, 2.05) is 18.7 Å². The van der Waals surface area contributed by atoms with Crippen LogP contribution in [-0.2, 0) is 6.54 Å². The lowest BCUT2D eigenvalue weighted by Crippen LogP contribution is -2.44. The van der Waals surface area contributed by atoms with Crippen LogP contribution in [0.25, 0.3) is 0 Å². The Balaban J connectivity index is 1.65. The molecule has 1 aliphatic heterocycles. The van der Waals surface area contributed by atoms with E-state index in [1.54, 1.807) is 0 Å². The zero-order chi connectivity index (χ0) is 11.2. The Labute approximate surface area is 97.7 Å². The van der Waals surface area contributed by atoms with Crippen LogP contribution in [0, 0.1) is 0 Å². The van der Waals surface area contributed by atoms with Gasteiger partial charge < -0.3 is 14.8 Å². The fourth-order valence-electron chi connectivity index (χ4n) is 2.31. The third-order valence-corrected chi connectivity index (χ3v) is 3.38. The van der Waals surface area contributed by atoms with Crippen LogP contribution in [0.5, 0.6) is 0 Å². The van der Waals surface area contributed by atoms with Gasteiger partial charge >= 0.3 is 0 Å². The number of nitrogens with one attached hydrogen (secondary N) is 1. The van der Waals surface area contributed by atoms with Gasteiger partial charge in [0.2, 0.25) is 0 Å². The summed E-state index contributed by atoms with van der Waals surface area (Å²) < 4.78 is 2.15. The largest absolute Gasteiger partial charge is 0.337 e. The van der Waals surface area contributed by atoms with Gasteiger partial charge in [0.05, 0.1) is 6.33 Å². The molecule has 0 aromatic carbocycles. The summed E-state index contributed by atoms with van der Waals surface area (Å²) in [5.41, 5.74) is 0. The highest BCUT2D eigenvalue weighted by Crippen LogP contribution is 2.08. The Morgan fingerprint density at radius 1 is 1.56 bits per heavy atom. The molecule has 1 atom stereocenters. The van der Waals surface area contributed by atoms with Crippen LogP contribution < -0.4 is 5.32 Å². The van der Waals surface area contributed by atoms with Crippen molar-refractivity contribution in [1.82, 2.24) is 19.8 Å². The molecule has 1 aliphatic rings. The average Bonchev–Trinajstić information content (AvgIpc) is 2.83. The van der Waals surface area contributed by atoms with Gasteiger partial charge in [0.1, 0.15) is 0 Å². The highest BCUT2D eigenvalue weighted by molar-refractivity contribution is 4.77. The fraction of sp³-hybridized carbons (Fsp3) is 0.750. The third-order valence-electron chi connectivity index (χ3n) is 3.38. The Hall–Kier alpha value is -0.870. The maximum atomic E-state index is 4.05. The quantitative estimate of drug-likeness (QED) is 0.805. The minimum Gasteiger partial charge on any atom is -0.337 e. The molecule has 1 unspecified atom stereocenters. The highest BCUT2D eigenvalue weighted by atomic mass is 15.2. The van der Waals surface area contributed by atoms with E-state index < -0.39 is 0 Å². The predicted octanol–water partition coefficient (Wildman–Crippen LogP) is 0.957. The van der Waals surface area contributed by atoms with E-state index in [-0.39, 0.29) is 0 Å². The van der Waals surface area contributed by atoms with E-state index in [9.17, 15) is 0 Å². The fourth-order valence-corrected chi connectivity index (χ4v) is 2.31. The summed E-state index contributed by atoms with van der Waals surface area (Å²) in [6.07, 6.45) is 9.62. The molecule has 2 rings (SSSR count). The van der Waals surface area contributed by atoms with Crippen molar-refractivity contribution in [1.29, 1.82) is 0 Å². The van der Waals surface area contributed by atoms with Crippen LogP contribution in [0.15, 0.2) is 18.7 Å². The van der Waals surface area contributed by atoms with Crippen molar-refractivity contribution in [3.05, 3.63) is 18.7 Å². The molecule has 1 fully saturated rings. The SMILES string of the molecule is CN(CCCn1ccnc1)C1CCCNC1. The first-order valence-electron chi connectivity index (χ1n) is 6.23. The van der Waals surface area contributed by atoms with Crippen LogP contribution in [0.4, 0.5) is 0 Å². The topological polar surface area (TPSA) is 33.1 Å². The van der Waals surface area contributed by atoms with Crippen molar-refractivity contribution in [3.63, 3.8) is 0 Å². The molecule has 0 saturated carbocycles. The van der Waals surface area contributed by atoms with Crippen molar-refractivity contribution in [2.24, 2.45) is 0 Å². The monoisotopic (exact) mass is 222 g/mol. The lowest BCUT2D eigenvalue weighted by Gasteiger charge is -2.31. The number of hydrogen-bond acceptors (Lipinski definition) is 3. The third kappa shape index (κ3) is 3.32. The molecule has 2 heterocycles. The number of piperidine rings is 1. The predicted molar refractivity (Wildman–Crippen MR) is 65.4 cm³/mol. The second-order valence-electron chi connectivity index (χ2n) is 4.63. The summed E-state index contributed by atoms with van der Waals surface area (Å²) >= 11 is 0. The summed E-state index contributed by atoms with van der Waals surface area (Å²) in [7, 11) is 2.24. The van der Waals surface area contributed by atoms with Gasteiger partial charge in [0, 0.05) is 31.5 Å². The summed E-state index contributed by atoms with van der Waals surface area (Å²) in [6, 6.07) is 0.733. The number of aryl methyl sites for hydroxylation is 1. The number of likely N-dealkylation sites (N-methyl/N-ethyl adjacent to an activating group) is 1. The first kappa shape index (κ1) is 11.6. The molecule has 1 N–H and O–H groups in total. The Morgan fingerprint density at radius 3 is 3.19 bits per heavy atom.